The van der Waals surface area contributed by atoms with Gasteiger partial charge in [0.25, 0.3) is 11.7 Å². The van der Waals surface area contributed by atoms with E-state index in [1.54, 1.807) is 43.4 Å². The number of aliphatic hydroxyl groups excluding tert-OH is 1. The fourth-order valence-electron chi connectivity index (χ4n) is 4.60. The molecule has 4 rings (SSSR count). The van der Waals surface area contributed by atoms with Gasteiger partial charge in [0.15, 0.2) is 0 Å². The van der Waals surface area contributed by atoms with Crippen molar-refractivity contribution in [1.29, 1.82) is 0 Å². The van der Waals surface area contributed by atoms with E-state index in [4.69, 9.17) is 9.47 Å². The Labute approximate surface area is 182 Å². The number of benzene rings is 2. The quantitative estimate of drug-likeness (QED) is 0.438. The third-order valence-electron chi connectivity index (χ3n) is 6.24. The first-order valence-corrected chi connectivity index (χ1v) is 10.6. The Kier molecular flexibility index (Phi) is 5.98. The number of hydrogen-bond donors (Lipinski definition) is 1. The van der Waals surface area contributed by atoms with Crippen LogP contribution >= 0.6 is 0 Å². The zero-order valence-electron chi connectivity index (χ0n) is 17.8. The number of Topliss-reactive ketones (excluding diaryl/α,β-unsaturated/α-hetero) is 1. The van der Waals surface area contributed by atoms with Crippen molar-refractivity contribution in [2.45, 2.75) is 44.2 Å². The molecule has 0 bridgehead atoms. The van der Waals surface area contributed by atoms with Gasteiger partial charge in [0.2, 0.25) is 0 Å². The number of likely N-dealkylation sites (tertiary alicyclic amines) is 1. The number of ketones is 1. The number of rotatable bonds is 5. The van der Waals surface area contributed by atoms with E-state index in [0.717, 1.165) is 37.7 Å². The highest BCUT2D eigenvalue weighted by molar-refractivity contribution is 6.46. The van der Waals surface area contributed by atoms with Crippen LogP contribution in [0, 0.1) is 0 Å². The number of amides is 1. The fraction of sp³-hybridized carbons (Fsp3) is 0.360. The summed E-state index contributed by atoms with van der Waals surface area (Å²) in [6.45, 7) is 0. The summed E-state index contributed by atoms with van der Waals surface area (Å²) in [4.78, 5) is 28.0. The van der Waals surface area contributed by atoms with Crippen molar-refractivity contribution >= 4 is 17.4 Å². The van der Waals surface area contributed by atoms with E-state index in [2.05, 4.69) is 0 Å². The highest BCUT2D eigenvalue weighted by atomic mass is 16.5. The maximum atomic E-state index is 13.1. The third kappa shape index (κ3) is 3.90. The monoisotopic (exact) mass is 421 g/mol. The maximum Gasteiger partial charge on any atom is 0.295 e. The van der Waals surface area contributed by atoms with E-state index < -0.39 is 17.7 Å². The van der Waals surface area contributed by atoms with Gasteiger partial charge in [-0.05, 0) is 54.8 Å². The van der Waals surface area contributed by atoms with Crippen LogP contribution in [0.5, 0.6) is 11.5 Å². The van der Waals surface area contributed by atoms with E-state index in [1.807, 2.05) is 24.3 Å². The molecule has 2 aromatic rings. The van der Waals surface area contributed by atoms with E-state index >= 15 is 0 Å². The average molecular weight is 421 g/mol. The molecule has 1 aliphatic carbocycles. The van der Waals surface area contributed by atoms with Crippen LogP contribution in [0.15, 0.2) is 54.1 Å². The Hall–Kier alpha value is -3.28. The number of hydrogen-bond acceptors (Lipinski definition) is 5. The highest BCUT2D eigenvalue weighted by Gasteiger charge is 2.48. The molecule has 1 unspecified atom stereocenters. The summed E-state index contributed by atoms with van der Waals surface area (Å²) >= 11 is 0. The fourth-order valence-corrected chi connectivity index (χ4v) is 4.60. The lowest BCUT2D eigenvalue weighted by Crippen LogP contribution is -2.40. The molecule has 2 aromatic carbocycles. The first-order valence-electron chi connectivity index (χ1n) is 10.6. The van der Waals surface area contributed by atoms with Crippen molar-refractivity contribution in [3.8, 4) is 11.5 Å². The first kappa shape index (κ1) is 21.0. The Balaban J connectivity index is 1.83. The number of ether oxygens (including phenoxy) is 2. The minimum absolute atomic E-state index is 0.0153. The van der Waals surface area contributed by atoms with Gasteiger partial charge in [0.1, 0.15) is 17.3 Å². The van der Waals surface area contributed by atoms with Gasteiger partial charge in [-0.25, -0.2) is 0 Å². The van der Waals surface area contributed by atoms with E-state index in [9.17, 15) is 14.7 Å². The minimum Gasteiger partial charge on any atom is -0.507 e. The van der Waals surface area contributed by atoms with Crippen molar-refractivity contribution in [2.24, 2.45) is 0 Å². The molecule has 0 aromatic heterocycles. The number of carbonyl (C=O) groups excluding carboxylic acids is 2. The van der Waals surface area contributed by atoms with Crippen molar-refractivity contribution in [3.63, 3.8) is 0 Å². The summed E-state index contributed by atoms with van der Waals surface area (Å²) < 4.78 is 10.4. The zero-order valence-corrected chi connectivity index (χ0v) is 17.8. The number of nitrogens with zero attached hydrogens (tertiary/aromatic N) is 1. The summed E-state index contributed by atoms with van der Waals surface area (Å²) in [6, 6.07) is 13.5. The summed E-state index contributed by atoms with van der Waals surface area (Å²) in [7, 11) is 3.15. The predicted octanol–water partition coefficient (Wildman–Crippen LogP) is 4.46. The van der Waals surface area contributed by atoms with E-state index in [0.29, 0.717) is 17.1 Å². The van der Waals surface area contributed by atoms with Crippen LogP contribution in [0.25, 0.3) is 5.76 Å². The second-order valence-corrected chi connectivity index (χ2v) is 8.00. The Morgan fingerprint density at radius 3 is 1.97 bits per heavy atom. The molecule has 2 aliphatic rings. The zero-order chi connectivity index (χ0) is 22.0. The molecular weight excluding hydrogens is 394 g/mol. The van der Waals surface area contributed by atoms with Gasteiger partial charge in [0.05, 0.1) is 25.8 Å². The van der Waals surface area contributed by atoms with Crippen LogP contribution in [-0.4, -0.2) is 42.0 Å². The summed E-state index contributed by atoms with van der Waals surface area (Å²) in [5.41, 5.74) is 1.38. The van der Waals surface area contributed by atoms with Gasteiger partial charge in [-0.15, -0.1) is 0 Å². The van der Waals surface area contributed by atoms with Crippen LogP contribution in [-0.2, 0) is 9.59 Å². The smallest absolute Gasteiger partial charge is 0.295 e. The van der Waals surface area contributed by atoms with Gasteiger partial charge >= 0.3 is 0 Å². The molecule has 1 aliphatic heterocycles. The molecule has 1 atom stereocenters. The highest BCUT2D eigenvalue weighted by Crippen LogP contribution is 2.43. The average Bonchev–Trinajstić information content (AvgIpc) is 3.09. The van der Waals surface area contributed by atoms with Gasteiger partial charge in [-0.2, -0.15) is 0 Å². The molecule has 1 heterocycles. The van der Waals surface area contributed by atoms with Crippen LogP contribution in [0.1, 0.15) is 49.3 Å². The van der Waals surface area contributed by atoms with Crippen molar-refractivity contribution in [3.05, 3.63) is 65.2 Å². The molecule has 0 radical (unpaired) electrons. The second kappa shape index (κ2) is 8.84. The number of aliphatic hydroxyl groups is 1. The molecule has 162 valence electrons. The van der Waals surface area contributed by atoms with Crippen LogP contribution in [0.2, 0.25) is 0 Å². The van der Waals surface area contributed by atoms with Crippen molar-refractivity contribution < 1.29 is 24.2 Å². The number of carbonyl (C=O) groups is 2. The summed E-state index contributed by atoms with van der Waals surface area (Å²) in [5.74, 6) is -0.0120. The molecule has 1 N–H and O–H groups in total. The molecule has 6 nitrogen and oxygen atoms in total. The first-order chi connectivity index (χ1) is 15.0. The molecule has 2 fully saturated rings. The van der Waals surface area contributed by atoms with Crippen LogP contribution in [0.3, 0.4) is 0 Å². The topological polar surface area (TPSA) is 76.1 Å². The van der Waals surface area contributed by atoms with Crippen LogP contribution in [0.4, 0.5) is 0 Å². The summed E-state index contributed by atoms with van der Waals surface area (Å²) in [5, 5.41) is 11.1. The van der Waals surface area contributed by atoms with Crippen molar-refractivity contribution in [1.82, 2.24) is 4.90 Å². The molecule has 1 saturated heterocycles. The Morgan fingerprint density at radius 2 is 1.42 bits per heavy atom. The molecular formula is C25H27NO5. The second-order valence-electron chi connectivity index (χ2n) is 8.00. The normalized spacial score (nSPS) is 21.4. The molecule has 6 heteroatoms. The lowest BCUT2D eigenvalue weighted by molar-refractivity contribution is -0.141. The van der Waals surface area contributed by atoms with Crippen LogP contribution < -0.4 is 9.47 Å². The van der Waals surface area contributed by atoms with Gasteiger partial charge in [0, 0.05) is 11.6 Å². The Bertz CT molecular complexity index is 988. The third-order valence-corrected chi connectivity index (χ3v) is 6.24. The SMILES string of the molecule is COc1ccc(/C(O)=C2/C(=O)C(=O)N(C3CCCCC3)C2c2ccc(OC)cc2)cc1. The molecule has 31 heavy (non-hydrogen) atoms. The molecule has 1 amide bonds. The molecule has 0 spiro atoms. The lowest BCUT2D eigenvalue weighted by Gasteiger charge is -2.35. The summed E-state index contributed by atoms with van der Waals surface area (Å²) in [6.07, 6.45) is 4.92. The number of methoxy groups -OCH3 is 2. The standard InChI is InChI=1S/C25H27NO5/c1-30-19-12-8-16(9-13-19)22-21(23(27)17-10-14-20(31-2)15-11-17)24(28)25(29)26(22)18-6-4-3-5-7-18/h8-15,18,22,27H,3-7H2,1-2H3/b23-21-. The van der Waals surface area contributed by atoms with E-state index in [-0.39, 0.29) is 17.4 Å². The largest absolute Gasteiger partial charge is 0.507 e. The lowest BCUT2D eigenvalue weighted by atomic mass is 9.91. The Morgan fingerprint density at radius 1 is 0.871 bits per heavy atom. The minimum atomic E-state index is -0.639. The maximum absolute atomic E-state index is 13.1. The van der Waals surface area contributed by atoms with Crippen molar-refractivity contribution in [2.75, 3.05) is 14.2 Å². The van der Waals surface area contributed by atoms with Gasteiger partial charge in [-0.1, -0.05) is 31.4 Å². The predicted molar refractivity (Wildman–Crippen MR) is 117 cm³/mol. The molecule has 1 saturated carbocycles. The van der Waals surface area contributed by atoms with Gasteiger partial charge < -0.3 is 19.5 Å². The van der Waals surface area contributed by atoms with E-state index in [1.165, 1.54) is 0 Å². The van der Waals surface area contributed by atoms with Gasteiger partial charge in [-0.3, -0.25) is 9.59 Å².